The van der Waals surface area contributed by atoms with Gasteiger partial charge < -0.3 is 4.98 Å². The topological polar surface area (TPSA) is 100 Å². The van der Waals surface area contributed by atoms with Crippen molar-refractivity contribution >= 4 is 11.0 Å². The van der Waals surface area contributed by atoms with Crippen molar-refractivity contribution in [2.24, 2.45) is 0 Å². The molecule has 1 aromatic heterocycles. The molecule has 0 aliphatic carbocycles. The van der Waals surface area contributed by atoms with E-state index in [-0.39, 0.29) is 12.8 Å². The summed E-state index contributed by atoms with van der Waals surface area (Å²) in [7, 11) is 0. The Morgan fingerprint density at radius 3 is 2.25 bits per heavy atom. The molecule has 0 saturated carbocycles. The smallest absolute Gasteiger partial charge is 0.127 e. The SMILES string of the molecule is N#CCCC(C#N)(CCC#N)c1nc2ccccc2[nH]1. The van der Waals surface area contributed by atoms with Crippen LogP contribution in [0.5, 0.6) is 0 Å². The number of aromatic nitrogens is 2. The Kier molecular flexibility index (Phi) is 3.99. The molecule has 0 aliphatic heterocycles. The van der Waals surface area contributed by atoms with Crippen LogP contribution in [0.25, 0.3) is 11.0 Å². The van der Waals surface area contributed by atoms with Gasteiger partial charge >= 0.3 is 0 Å². The summed E-state index contributed by atoms with van der Waals surface area (Å²) in [6.45, 7) is 0. The molecule has 0 bridgehead atoms. The van der Waals surface area contributed by atoms with E-state index in [2.05, 4.69) is 28.2 Å². The van der Waals surface area contributed by atoms with Crippen molar-refractivity contribution in [3.63, 3.8) is 0 Å². The van der Waals surface area contributed by atoms with Crippen molar-refractivity contribution in [1.82, 2.24) is 9.97 Å². The third-order valence-corrected chi connectivity index (χ3v) is 3.38. The van der Waals surface area contributed by atoms with Gasteiger partial charge in [0.2, 0.25) is 0 Å². The maximum atomic E-state index is 9.58. The molecule has 5 nitrogen and oxygen atoms in total. The first kappa shape index (κ1) is 13.6. The Bertz CT molecular complexity index is 672. The zero-order valence-corrected chi connectivity index (χ0v) is 10.9. The van der Waals surface area contributed by atoms with Crippen LogP contribution in [0.4, 0.5) is 0 Å². The number of rotatable bonds is 5. The molecule has 0 amide bonds. The third-order valence-electron chi connectivity index (χ3n) is 3.38. The maximum Gasteiger partial charge on any atom is 0.127 e. The standard InChI is InChI=1S/C15H13N5/c16-9-3-7-15(11-18,8-4-10-17)14-19-12-5-1-2-6-13(12)20-14/h1-2,5-6H,3-4,7-8H2,(H,19,20). The van der Waals surface area contributed by atoms with Gasteiger partial charge in [-0.05, 0) is 25.0 Å². The molecule has 0 fully saturated rings. The summed E-state index contributed by atoms with van der Waals surface area (Å²) in [6, 6.07) is 13.9. The normalized spacial score (nSPS) is 10.7. The van der Waals surface area contributed by atoms with E-state index >= 15 is 0 Å². The quantitative estimate of drug-likeness (QED) is 0.896. The minimum atomic E-state index is -0.898. The Labute approximate surface area is 117 Å². The van der Waals surface area contributed by atoms with Crippen molar-refractivity contribution in [3.8, 4) is 18.2 Å². The zero-order chi connectivity index (χ0) is 14.4. The van der Waals surface area contributed by atoms with Gasteiger partial charge in [-0.3, -0.25) is 0 Å². The van der Waals surface area contributed by atoms with E-state index in [0.717, 1.165) is 11.0 Å². The van der Waals surface area contributed by atoms with E-state index < -0.39 is 5.41 Å². The van der Waals surface area contributed by atoms with Crippen LogP contribution in [0.2, 0.25) is 0 Å². The Hall–Kier alpha value is -2.84. The van der Waals surface area contributed by atoms with Gasteiger partial charge in [0, 0.05) is 12.8 Å². The number of nitriles is 3. The highest BCUT2D eigenvalue weighted by Crippen LogP contribution is 2.33. The molecule has 2 aromatic rings. The first-order chi connectivity index (χ1) is 9.75. The van der Waals surface area contributed by atoms with Crippen molar-refractivity contribution in [1.29, 1.82) is 15.8 Å². The number of benzene rings is 1. The fourth-order valence-electron chi connectivity index (χ4n) is 2.24. The lowest BCUT2D eigenvalue weighted by Crippen LogP contribution is -2.25. The van der Waals surface area contributed by atoms with Gasteiger partial charge in [0.1, 0.15) is 11.2 Å². The van der Waals surface area contributed by atoms with Crippen molar-refractivity contribution in [2.75, 3.05) is 0 Å². The first-order valence-electron chi connectivity index (χ1n) is 6.36. The van der Waals surface area contributed by atoms with Gasteiger partial charge in [0.25, 0.3) is 0 Å². The molecule has 0 atom stereocenters. The molecule has 1 heterocycles. The molecule has 2 rings (SSSR count). The molecule has 5 heteroatoms. The molecule has 0 saturated heterocycles. The van der Waals surface area contributed by atoms with E-state index in [0.29, 0.717) is 18.7 Å². The molecular formula is C15H13N5. The molecule has 0 unspecified atom stereocenters. The van der Waals surface area contributed by atoms with Crippen LogP contribution < -0.4 is 0 Å². The Morgan fingerprint density at radius 1 is 1.05 bits per heavy atom. The van der Waals surface area contributed by atoms with Crippen molar-refractivity contribution < 1.29 is 0 Å². The van der Waals surface area contributed by atoms with Crippen LogP contribution in [-0.2, 0) is 5.41 Å². The average molecular weight is 263 g/mol. The van der Waals surface area contributed by atoms with E-state index in [1.807, 2.05) is 24.3 Å². The largest absolute Gasteiger partial charge is 0.341 e. The van der Waals surface area contributed by atoms with Gasteiger partial charge in [0.15, 0.2) is 0 Å². The summed E-state index contributed by atoms with van der Waals surface area (Å²) in [4.78, 5) is 7.62. The summed E-state index contributed by atoms with van der Waals surface area (Å²) < 4.78 is 0. The highest BCUT2D eigenvalue weighted by Gasteiger charge is 2.35. The predicted molar refractivity (Wildman–Crippen MR) is 73.1 cm³/mol. The Balaban J connectivity index is 2.46. The van der Waals surface area contributed by atoms with Gasteiger partial charge in [-0.25, -0.2) is 4.98 Å². The number of H-pyrrole nitrogens is 1. The van der Waals surface area contributed by atoms with E-state index in [1.54, 1.807) is 0 Å². The van der Waals surface area contributed by atoms with E-state index in [4.69, 9.17) is 10.5 Å². The fraction of sp³-hybridized carbons (Fsp3) is 0.333. The molecule has 0 aliphatic rings. The van der Waals surface area contributed by atoms with Crippen LogP contribution in [0.15, 0.2) is 24.3 Å². The zero-order valence-electron chi connectivity index (χ0n) is 10.9. The average Bonchev–Trinajstić information content (AvgIpc) is 2.92. The van der Waals surface area contributed by atoms with Crippen LogP contribution in [0.3, 0.4) is 0 Å². The number of hydrogen-bond acceptors (Lipinski definition) is 4. The number of nitrogens with one attached hydrogen (secondary N) is 1. The molecular weight excluding hydrogens is 250 g/mol. The summed E-state index contributed by atoms with van der Waals surface area (Å²) in [6.07, 6.45) is 1.27. The number of aromatic amines is 1. The molecule has 1 N–H and O–H groups in total. The highest BCUT2D eigenvalue weighted by atomic mass is 14.9. The van der Waals surface area contributed by atoms with Gasteiger partial charge in [-0.15, -0.1) is 0 Å². The first-order valence-corrected chi connectivity index (χ1v) is 6.36. The monoisotopic (exact) mass is 263 g/mol. The Morgan fingerprint density at radius 2 is 1.70 bits per heavy atom. The number of imidazole rings is 1. The lowest BCUT2D eigenvalue weighted by Gasteiger charge is -2.21. The molecule has 20 heavy (non-hydrogen) atoms. The summed E-state index contributed by atoms with van der Waals surface area (Å²) in [5, 5.41) is 27.1. The van der Waals surface area contributed by atoms with Crippen molar-refractivity contribution in [2.45, 2.75) is 31.1 Å². The van der Waals surface area contributed by atoms with Gasteiger partial charge in [-0.2, -0.15) is 15.8 Å². The summed E-state index contributed by atoms with van der Waals surface area (Å²) >= 11 is 0. The van der Waals surface area contributed by atoms with Gasteiger partial charge in [0.05, 0.1) is 29.2 Å². The lowest BCUT2D eigenvalue weighted by atomic mass is 9.80. The number of para-hydroxylation sites is 2. The molecule has 0 spiro atoms. The van der Waals surface area contributed by atoms with Gasteiger partial charge in [-0.1, -0.05) is 12.1 Å². The number of nitrogens with zero attached hydrogens (tertiary/aromatic N) is 4. The van der Waals surface area contributed by atoms with Crippen LogP contribution >= 0.6 is 0 Å². The van der Waals surface area contributed by atoms with Crippen LogP contribution in [0, 0.1) is 34.0 Å². The summed E-state index contributed by atoms with van der Waals surface area (Å²) in [5.41, 5.74) is 0.747. The second kappa shape index (κ2) is 5.87. The predicted octanol–water partition coefficient (Wildman–Crippen LogP) is 2.93. The number of fused-ring (bicyclic) bond motifs is 1. The van der Waals surface area contributed by atoms with Crippen molar-refractivity contribution in [3.05, 3.63) is 30.1 Å². The number of hydrogen-bond donors (Lipinski definition) is 1. The minimum Gasteiger partial charge on any atom is -0.341 e. The second-order valence-corrected chi connectivity index (χ2v) is 4.61. The minimum absolute atomic E-state index is 0.260. The summed E-state index contributed by atoms with van der Waals surface area (Å²) in [5.74, 6) is 0.548. The second-order valence-electron chi connectivity index (χ2n) is 4.61. The van der Waals surface area contributed by atoms with E-state index in [9.17, 15) is 5.26 Å². The maximum absolute atomic E-state index is 9.58. The third kappa shape index (κ3) is 2.46. The molecule has 98 valence electrons. The van der Waals surface area contributed by atoms with Crippen LogP contribution in [0.1, 0.15) is 31.5 Å². The molecule has 1 aromatic carbocycles. The van der Waals surface area contributed by atoms with E-state index in [1.165, 1.54) is 0 Å². The fourth-order valence-corrected chi connectivity index (χ4v) is 2.24. The lowest BCUT2D eigenvalue weighted by molar-refractivity contribution is 0.454. The molecule has 0 radical (unpaired) electrons. The van der Waals surface area contributed by atoms with Crippen LogP contribution in [-0.4, -0.2) is 9.97 Å². The highest BCUT2D eigenvalue weighted by molar-refractivity contribution is 5.75.